The number of hydrogen-bond donors (Lipinski definition) is 2. The van der Waals surface area contributed by atoms with Crippen molar-refractivity contribution in [1.29, 1.82) is 0 Å². The van der Waals surface area contributed by atoms with E-state index in [0.717, 1.165) is 24.8 Å². The normalized spacial score (nSPS) is 20.3. The van der Waals surface area contributed by atoms with E-state index in [1.807, 2.05) is 13.1 Å². The van der Waals surface area contributed by atoms with Crippen LogP contribution in [0.3, 0.4) is 0 Å². The Morgan fingerprint density at radius 3 is 2.71 bits per heavy atom. The zero-order valence-electron chi connectivity index (χ0n) is 14.3. The highest BCUT2D eigenvalue weighted by Crippen LogP contribution is 2.32. The fraction of sp³-hybridized carbons (Fsp3) is 0.579. The number of carbonyl (C=O) groups is 2. The van der Waals surface area contributed by atoms with Crippen LogP contribution in [0.2, 0.25) is 0 Å². The molecule has 130 valence electrons. The van der Waals surface area contributed by atoms with E-state index in [1.165, 1.54) is 24.8 Å². The predicted molar refractivity (Wildman–Crippen MR) is 92.4 cm³/mol. The Morgan fingerprint density at radius 1 is 1.25 bits per heavy atom. The number of nitrogens with one attached hydrogen (secondary N) is 1. The summed E-state index contributed by atoms with van der Waals surface area (Å²) >= 11 is 0. The van der Waals surface area contributed by atoms with Gasteiger partial charge in [-0.3, -0.25) is 9.69 Å². The van der Waals surface area contributed by atoms with Crippen LogP contribution in [0.25, 0.3) is 0 Å². The van der Waals surface area contributed by atoms with Gasteiger partial charge in [0.2, 0.25) is 5.91 Å². The Balaban J connectivity index is 1.59. The number of carboxylic acid groups (broad SMARTS) is 1. The summed E-state index contributed by atoms with van der Waals surface area (Å²) in [4.78, 5) is 25.5. The molecule has 0 bridgehead atoms. The average Bonchev–Trinajstić information content (AvgIpc) is 2.50. The van der Waals surface area contributed by atoms with Crippen LogP contribution < -0.4 is 5.32 Å². The Labute approximate surface area is 143 Å². The fourth-order valence-corrected chi connectivity index (χ4v) is 3.72. The maximum absolute atomic E-state index is 12.2. The molecule has 1 aromatic carbocycles. The number of hydrogen-bond acceptors (Lipinski definition) is 3. The molecule has 5 heteroatoms. The minimum atomic E-state index is -0.895. The molecule has 0 heterocycles. The Kier molecular flexibility index (Phi) is 5.19. The smallest absolute Gasteiger partial charge is 0.335 e. The third-order valence-electron chi connectivity index (χ3n) is 5.47. The lowest BCUT2D eigenvalue weighted by molar-refractivity contribution is -0.122. The molecule has 24 heavy (non-hydrogen) atoms. The first-order valence-electron chi connectivity index (χ1n) is 8.87. The fourth-order valence-electron chi connectivity index (χ4n) is 3.72. The largest absolute Gasteiger partial charge is 0.478 e. The first kappa shape index (κ1) is 17.0. The molecule has 1 aromatic rings. The standard InChI is InChI=1S/C19H26N2O3/c1-21(16-6-3-7-16)12-18(22)20-11-15-5-2-4-13-8-9-14(19(23)24)10-17(13)15/h8-10,15-16H,2-7,11-12H2,1H3,(H,20,22)(H,23,24). The molecule has 1 atom stereocenters. The molecular formula is C19H26N2O3. The lowest BCUT2D eigenvalue weighted by Crippen LogP contribution is -2.44. The summed E-state index contributed by atoms with van der Waals surface area (Å²) in [5.74, 6) is -0.620. The SMILES string of the molecule is CN(CC(=O)NCC1CCCc2ccc(C(=O)O)cc21)C1CCC1. The van der Waals surface area contributed by atoms with Gasteiger partial charge >= 0.3 is 5.97 Å². The van der Waals surface area contributed by atoms with E-state index in [9.17, 15) is 14.7 Å². The van der Waals surface area contributed by atoms with Crippen molar-refractivity contribution in [2.24, 2.45) is 0 Å². The number of aryl methyl sites for hydroxylation is 1. The summed E-state index contributed by atoms with van der Waals surface area (Å²) in [5.41, 5.74) is 2.64. The minimum Gasteiger partial charge on any atom is -0.478 e. The van der Waals surface area contributed by atoms with Crippen molar-refractivity contribution >= 4 is 11.9 Å². The Hall–Kier alpha value is -1.88. The number of nitrogens with zero attached hydrogens (tertiary/aromatic N) is 1. The van der Waals surface area contributed by atoms with E-state index in [-0.39, 0.29) is 11.8 Å². The zero-order valence-corrected chi connectivity index (χ0v) is 14.3. The van der Waals surface area contributed by atoms with Gasteiger partial charge in [0, 0.05) is 18.5 Å². The van der Waals surface area contributed by atoms with Crippen LogP contribution in [0.5, 0.6) is 0 Å². The lowest BCUT2D eigenvalue weighted by atomic mass is 9.82. The van der Waals surface area contributed by atoms with Crippen molar-refractivity contribution < 1.29 is 14.7 Å². The van der Waals surface area contributed by atoms with Crippen molar-refractivity contribution in [3.63, 3.8) is 0 Å². The average molecular weight is 330 g/mol. The van der Waals surface area contributed by atoms with Gasteiger partial charge in [-0.1, -0.05) is 12.5 Å². The van der Waals surface area contributed by atoms with Crippen LogP contribution in [0.1, 0.15) is 59.5 Å². The van der Waals surface area contributed by atoms with E-state index in [1.54, 1.807) is 12.1 Å². The summed E-state index contributed by atoms with van der Waals surface area (Å²) < 4.78 is 0. The van der Waals surface area contributed by atoms with E-state index in [4.69, 9.17) is 0 Å². The lowest BCUT2D eigenvalue weighted by Gasteiger charge is -2.34. The highest BCUT2D eigenvalue weighted by Gasteiger charge is 2.25. The topological polar surface area (TPSA) is 69.6 Å². The summed E-state index contributed by atoms with van der Waals surface area (Å²) in [6.07, 6.45) is 6.72. The number of rotatable bonds is 6. The first-order chi connectivity index (χ1) is 11.5. The third-order valence-corrected chi connectivity index (χ3v) is 5.47. The number of likely N-dealkylation sites (N-methyl/N-ethyl adjacent to an activating group) is 1. The Morgan fingerprint density at radius 2 is 2.04 bits per heavy atom. The summed E-state index contributed by atoms with van der Waals surface area (Å²) in [7, 11) is 2.01. The quantitative estimate of drug-likeness (QED) is 0.840. The molecule has 2 aliphatic rings. The molecule has 2 N–H and O–H groups in total. The number of carboxylic acids is 1. The second-order valence-electron chi connectivity index (χ2n) is 7.11. The molecule has 3 rings (SSSR count). The Bertz CT molecular complexity index is 625. The second-order valence-corrected chi connectivity index (χ2v) is 7.11. The van der Waals surface area contributed by atoms with Gasteiger partial charge in [0.05, 0.1) is 12.1 Å². The number of benzene rings is 1. The van der Waals surface area contributed by atoms with Crippen molar-refractivity contribution in [2.75, 3.05) is 20.1 Å². The van der Waals surface area contributed by atoms with Crippen molar-refractivity contribution in [3.8, 4) is 0 Å². The van der Waals surface area contributed by atoms with Crippen LogP contribution in [0.4, 0.5) is 0 Å². The van der Waals surface area contributed by atoms with Crippen LogP contribution in [0, 0.1) is 0 Å². The third kappa shape index (κ3) is 3.78. The summed E-state index contributed by atoms with van der Waals surface area (Å²) in [6.45, 7) is 1.03. The number of amides is 1. The van der Waals surface area contributed by atoms with Crippen molar-refractivity contribution in [2.45, 2.75) is 50.5 Å². The van der Waals surface area contributed by atoms with Gasteiger partial charge in [0.15, 0.2) is 0 Å². The molecular weight excluding hydrogens is 304 g/mol. The van der Waals surface area contributed by atoms with Gasteiger partial charge in [-0.15, -0.1) is 0 Å². The van der Waals surface area contributed by atoms with E-state index < -0.39 is 5.97 Å². The van der Waals surface area contributed by atoms with E-state index >= 15 is 0 Å². The van der Waals surface area contributed by atoms with Gasteiger partial charge in [0.1, 0.15) is 0 Å². The molecule has 0 spiro atoms. The van der Waals surface area contributed by atoms with Crippen LogP contribution in [-0.4, -0.2) is 48.1 Å². The maximum Gasteiger partial charge on any atom is 0.335 e. The second kappa shape index (κ2) is 7.34. The molecule has 1 amide bonds. The molecule has 0 radical (unpaired) electrons. The van der Waals surface area contributed by atoms with Gasteiger partial charge in [0.25, 0.3) is 0 Å². The molecule has 0 aliphatic heterocycles. The molecule has 1 unspecified atom stereocenters. The monoisotopic (exact) mass is 330 g/mol. The molecule has 1 saturated carbocycles. The molecule has 2 aliphatic carbocycles. The van der Waals surface area contributed by atoms with E-state index in [0.29, 0.717) is 24.7 Å². The number of aromatic carboxylic acids is 1. The maximum atomic E-state index is 12.2. The molecule has 5 nitrogen and oxygen atoms in total. The van der Waals surface area contributed by atoms with Gasteiger partial charge in [-0.2, -0.15) is 0 Å². The van der Waals surface area contributed by atoms with E-state index in [2.05, 4.69) is 10.2 Å². The van der Waals surface area contributed by atoms with Crippen LogP contribution in [-0.2, 0) is 11.2 Å². The molecule has 0 saturated heterocycles. The number of carbonyl (C=O) groups excluding carboxylic acids is 1. The van der Waals surface area contributed by atoms with Gasteiger partial charge in [-0.05, 0) is 62.4 Å². The highest BCUT2D eigenvalue weighted by atomic mass is 16.4. The summed E-state index contributed by atoms with van der Waals surface area (Å²) in [6, 6.07) is 5.95. The molecule has 0 aromatic heterocycles. The summed E-state index contributed by atoms with van der Waals surface area (Å²) in [5, 5.41) is 12.2. The molecule has 1 fully saturated rings. The van der Waals surface area contributed by atoms with Crippen molar-refractivity contribution in [3.05, 3.63) is 34.9 Å². The minimum absolute atomic E-state index is 0.0610. The highest BCUT2D eigenvalue weighted by molar-refractivity contribution is 5.88. The van der Waals surface area contributed by atoms with Crippen molar-refractivity contribution in [1.82, 2.24) is 10.2 Å². The first-order valence-corrected chi connectivity index (χ1v) is 8.87. The van der Waals surface area contributed by atoms with Gasteiger partial charge < -0.3 is 10.4 Å². The van der Waals surface area contributed by atoms with Crippen LogP contribution >= 0.6 is 0 Å². The van der Waals surface area contributed by atoms with Gasteiger partial charge in [-0.25, -0.2) is 4.79 Å². The van der Waals surface area contributed by atoms with Crippen LogP contribution in [0.15, 0.2) is 18.2 Å². The zero-order chi connectivity index (χ0) is 17.1. The number of fused-ring (bicyclic) bond motifs is 1. The predicted octanol–water partition coefficient (Wildman–Crippen LogP) is 2.41.